The highest BCUT2D eigenvalue weighted by atomic mass is 32.1. The molecule has 1 saturated carbocycles. The van der Waals surface area contributed by atoms with E-state index in [9.17, 15) is 4.39 Å². The zero-order valence-electron chi connectivity index (χ0n) is 14.9. The minimum Gasteiger partial charge on any atom is -0.381 e. The molecule has 2 aromatic heterocycles. The van der Waals surface area contributed by atoms with E-state index >= 15 is 0 Å². The van der Waals surface area contributed by atoms with Gasteiger partial charge in [-0.3, -0.25) is 0 Å². The summed E-state index contributed by atoms with van der Waals surface area (Å²) in [5.74, 6) is 1.40. The highest BCUT2D eigenvalue weighted by molar-refractivity contribution is 7.17. The van der Waals surface area contributed by atoms with E-state index in [-0.39, 0.29) is 11.7 Å². The third-order valence-electron chi connectivity index (χ3n) is 5.14. The van der Waals surface area contributed by atoms with Gasteiger partial charge in [0.25, 0.3) is 0 Å². The van der Waals surface area contributed by atoms with E-state index in [0.29, 0.717) is 30.9 Å². The molecule has 0 amide bonds. The second kappa shape index (κ2) is 7.05. The normalized spacial score (nSPS) is 18.0. The predicted molar refractivity (Wildman–Crippen MR) is 107 cm³/mol. The maximum absolute atomic E-state index is 14.7. The zero-order valence-corrected chi connectivity index (χ0v) is 15.7. The molecule has 140 valence electrons. The lowest BCUT2D eigenvalue weighted by Gasteiger charge is -2.23. The summed E-state index contributed by atoms with van der Waals surface area (Å²) in [5.41, 5.74) is 2.34. The van der Waals surface area contributed by atoms with E-state index in [1.807, 2.05) is 23.6 Å². The largest absolute Gasteiger partial charge is 0.381 e. The molecule has 2 N–H and O–H groups in total. The molecule has 27 heavy (non-hydrogen) atoms. The zero-order chi connectivity index (χ0) is 18.2. The number of ether oxygens (including phenoxy) is 1. The second-order valence-electron chi connectivity index (χ2n) is 7.20. The quantitative estimate of drug-likeness (QED) is 0.645. The number of benzene rings is 1. The smallest absolute Gasteiger partial charge is 0.229 e. The van der Waals surface area contributed by atoms with Crippen LogP contribution in [0.1, 0.15) is 37.2 Å². The minimum atomic E-state index is -0.181. The lowest BCUT2D eigenvalue weighted by Crippen LogP contribution is -2.15. The van der Waals surface area contributed by atoms with Gasteiger partial charge in [0.15, 0.2) is 0 Å². The van der Waals surface area contributed by atoms with Crippen molar-refractivity contribution in [3.63, 3.8) is 0 Å². The molecule has 2 aliphatic rings. The molecule has 5 rings (SSSR count). The standard InChI is InChI=1S/C20H21FN4OS/c21-16-11-14(3-4-15(16)12-5-8-26-9-6-12)23-20-24-17-7-10-27-18(17)19(25-20)22-13-1-2-13/h3-4,7,10-13H,1-2,5-6,8-9H2,(H2,22,23,24,25). The molecule has 2 fully saturated rings. The Balaban J connectivity index is 1.40. The van der Waals surface area contributed by atoms with Gasteiger partial charge in [-0.2, -0.15) is 4.98 Å². The van der Waals surface area contributed by atoms with Crippen LogP contribution in [0.3, 0.4) is 0 Å². The van der Waals surface area contributed by atoms with Crippen LogP contribution in [0.5, 0.6) is 0 Å². The summed E-state index contributed by atoms with van der Waals surface area (Å²) in [7, 11) is 0. The fourth-order valence-corrected chi connectivity index (χ4v) is 4.30. The maximum Gasteiger partial charge on any atom is 0.229 e. The molecule has 0 atom stereocenters. The number of hydrogen-bond acceptors (Lipinski definition) is 6. The first kappa shape index (κ1) is 16.9. The Morgan fingerprint density at radius 3 is 2.70 bits per heavy atom. The summed E-state index contributed by atoms with van der Waals surface area (Å²) in [4.78, 5) is 9.20. The summed E-state index contributed by atoms with van der Waals surface area (Å²) in [6, 6.07) is 7.82. The minimum absolute atomic E-state index is 0.181. The Hall–Kier alpha value is -2.25. The Morgan fingerprint density at radius 2 is 1.93 bits per heavy atom. The monoisotopic (exact) mass is 384 g/mol. The van der Waals surface area contributed by atoms with Gasteiger partial charge in [-0.15, -0.1) is 11.3 Å². The van der Waals surface area contributed by atoms with E-state index in [1.165, 1.54) is 12.8 Å². The van der Waals surface area contributed by atoms with Gasteiger partial charge in [-0.25, -0.2) is 9.37 Å². The first-order valence-electron chi connectivity index (χ1n) is 9.42. The van der Waals surface area contributed by atoms with Crippen LogP contribution in [0.25, 0.3) is 10.2 Å². The summed E-state index contributed by atoms with van der Waals surface area (Å²) in [6.45, 7) is 1.41. The van der Waals surface area contributed by atoms with Gasteiger partial charge in [0.05, 0.1) is 10.2 Å². The molecule has 1 aliphatic carbocycles. The Bertz CT molecular complexity index is 966. The molecule has 1 aromatic carbocycles. The molecule has 3 aromatic rings. The van der Waals surface area contributed by atoms with Crippen molar-refractivity contribution in [1.82, 2.24) is 9.97 Å². The number of anilines is 3. The third-order valence-corrected chi connectivity index (χ3v) is 6.05. The Labute approximate surface area is 161 Å². The van der Waals surface area contributed by atoms with Crippen molar-refractivity contribution in [2.75, 3.05) is 23.8 Å². The van der Waals surface area contributed by atoms with Gasteiger partial charge in [-0.05, 0) is 60.7 Å². The summed E-state index contributed by atoms with van der Waals surface area (Å²) < 4.78 is 21.1. The van der Waals surface area contributed by atoms with Crippen LogP contribution in [0.2, 0.25) is 0 Å². The number of nitrogens with zero attached hydrogens (tertiary/aromatic N) is 2. The molecular weight excluding hydrogens is 363 g/mol. The van der Waals surface area contributed by atoms with Gasteiger partial charge >= 0.3 is 0 Å². The van der Waals surface area contributed by atoms with Crippen LogP contribution in [-0.4, -0.2) is 29.2 Å². The molecule has 1 aliphatic heterocycles. The van der Waals surface area contributed by atoms with Gasteiger partial charge in [-0.1, -0.05) is 6.07 Å². The number of hydrogen-bond donors (Lipinski definition) is 2. The van der Waals surface area contributed by atoms with Crippen molar-refractivity contribution in [1.29, 1.82) is 0 Å². The van der Waals surface area contributed by atoms with Crippen molar-refractivity contribution in [2.24, 2.45) is 0 Å². The van der Waals surface area contributed by atoms with E-state index < -0.39 is 0 Å². The first-order chi connectivity index (χ1) is 13.3. The molecular formula is C20H21FN4OS. The molecule has 5 nitrogen and oxygen atoms in total. The Morgan fingerprint density at radius 1 is 1.07 bits per heavy atom. The fourth-order valence-electron chi connectivity index (χ4n) is 3.51. The highest BCUT2D eigenvalue weighted by Gasteiger charge is 2.23. The van der Waals surface area contributed by atoms with Crippen LogP contribution in [0, 0.1) is 5.82 Å². The number of fused-ring (bicyclic) bond motifs is 1. The summed E-state index contributed by atoms with van der Waals surface area (Å²) in [5, 5.41) is 8.65. The van der Waals surface area contributed by atoms with Gasteiger partial charge in [0.1, 0.15) is 11.6 Å². The van der Waals surface area contributed by atoms with E-state index in [0.717, 1.165) is 34.4 Å². The highest BCUT2D eigenvalue weighted by Crippen LogP contribution is 2.33. The van der Waals surface area contributed by atoms with Crippen LogP contribution in [-0.2, 0) is 4.74 Å². The van der Waals surface area contributed by atoms with Gasteiger partial charge < -0.3 is 15.4 Å². The van der Waals surface area contributed by atoms with Crippen LogP contribution >= 0.6 is 11.3 Å². The first-order valence-corrected chi connectivity index (χ1v) is 10.3. The lowest BCUT2D eigenvalue weighted by molar-refractivity contribution is 0.0846. The fraction of sp³-hybridized carbons (Fsp3) is 0.400. The van der Waals surface area contributed by atoms with Crippen LogP contribution < -0.4 is 10.6 Å². The molecule has 0 spiro atoms. The van der Waals surface area contributed by atoms with Gasteiger partial charge in [0.2, 0.25) is 5.95 Å². The van der Waals surface area contributed by atoms with Crippen molar-refractivity contribution < 1.29 is 9.13 Å². The van der Waals surface area contributed by atoms with Crippen molar-refractivity contribution in [3.8, 4) is 0 Å². The lowest BCUT2D eigenvalue weighted by atomic mass is 9.91. The van der Waals surface area contributed by atoms with Crippen molar-refractivity contribution >= 4 is 39.0 Å². The second-order valence-corrected chi connectivity index (χ2v) is 8.11. The predicted octanol–water partition coefficient (Wildman–Crippen LogP) is 5.04. The third kappa shape index (κ3) is 3.61. The van der Waals surface area contributed by atoms with Gasteiger partial charge in [0, 0.05) is 24.9 Å². The molecule has 0 radical (unpaired) electrons. The van der Waals surface area contributed by atoms with Crippen LogP contribution in [0.4, 0.5) is 21.8 Å². The molecule has 0 bridgehead atoms. The molecule has 0 unspecified atom stereocenters. The Kier molecular flexibility index (Phi) is 4.41. The van der Waals surface area contributed by atoms with Crippen molar-refractivity contribution in [2.45, 2.75) is 37.6 Å². The molecule has 1 saturated heterocycles. The average molecular weight is 384 g/mol. The number of rotatable bonds is 5. The summed E-state index contributed by atoms with van der Waals surface area (Å²) >= 11 is 1.63. The van der Waals surface area contributed by atoms with E-state index in [1.54, 1.807) is 17.4 Å². The maximum atomic E-state index is 14.7. The van der Waals surface area contributed by atoms with E-state index in [4.69, 9.17) is 4.74 Å². The molecule has 3 heterocycles. The number of thiophene rings is 1. The number of halogens is 1. The SMILES string of the molecule is Fc1cc(Nc2nc(NC3CC3)c3sccc3n2)ccc1C1CCOCC1. The van der Waals surface area contributed by atoms with Crippen LogP contribution in [0.15, 0.2) is 29.6 Å². The van der Waals surface area contributed by atoms with E-state index in [2.05, 4.69) is 20.6 Å². The number of aromatic nitrogens is 2. The topological polar surface area (TPSA) is 59.1 Å². The van der Waals surface area contributed by atoms with Crippen molar-refractivity contribution in [3.05, 3.63) is 41.0 Å². The molecule has 7 heteroatoms. The average Bonchev–Trinajstić information content (AvgIpc) is 3.36. The number of nitrogens with one attached hydrogen (secondary N) is 2. The summed E-state index contributed by atoms with van der Waals surface area (Å²) in [6.07, 6.45) is 4.10.